The fourth-order valence-electron chi connectivity index (χ4n) is 7.57. The van der Waals surface area contributed by atoms with Crippen LogP contribution in [0.3, 0.4) is 0 Å². The van der Waals surface area contributed by atoms with Crippen molar-refractivity contribution in [3.05, 3.63) is 82.2 Å². The van der Waals surface area contributed by atoms with Crippen LogP contribution in [0, 0.1) is 17.8 Å². The average Bonchev–Trinajstić information content (AvgIpc) is 3.68. The zero-order valence-corrected chi connectivity index (χ0v) is 30.4. The quantitative estimate of drug-likeness (QED) is 0.165. The molecule has 13 nitrogen and oxygen atoms in total. The van der Waals surface area contributed by atoms with Crippen LogP contribution in [0.2, 0.25) is 0 Å². The lowest BCUT2D eigenvalue weighted by Crippen LogP contribution is -2.44. The van der Waals surface area contributed by atoms with E-state index in [1.165, 1.54) is 22.3 Å². The highest BCUT2D eigenvalue weighted by atomic mass is 19.4. The van der Waals surface area contributed by atoms with Crippen LogP contribution in [0.5, 0.6) is 5.75 Å². The van der Waals surface area contributed by atoms with Crippen LogP contribution in [0.25, 0.3) is 21.9 Å². The Balaban J connectivity index is 0.965. The molecule has 1 saturated heterocycles. The number of pyridine rings is 1. The maximum atomic E-state index is 13.2. The number of ether oxygens (including phenoxy) is 1. The molecule has 7 rings (SSSR count). The summed E-state index contributed by atoms with van der Waals surface area (Å²) in [5.41, 5.74) is 1.02. The fraction of sp³-hybridized carbons (Fsp3) is 0.385. The minimum atomic E-state index is -4.68. The molecular formula is C39H39F3N8O5. The van der Waals surface area contributed by atoms with Gasteiger partial charge in [-0.1, -0.05) is 24.0 Å². The van der Waals surface area contributed by atoms with Crippen LogP contribution in [-0.2, 0) is 22.8 Å². The first-order valence-corrected chi connectivity index (χ1v) is 17.9. The number of imide groups is 1. The number of hydrogen-bond donors (Lipinski definition) is 2. The molecule has 2 fully saturated rings. The van der Waals surface area contributed by atoms with E-state index in [1.807, 2.05) is 30.1 Å². The summed E-state index contributed by atoms with van der Waals surface area (Å²) in [5, 5.41) is 10.5. The van der Waals surface area contributed by atoms with Crippen LogP contribution < -0.4 is 21.1 Å². The van der Waals surface area contributed by atoms with Gasteiger partial charge in [-0.2, -0.15) is 18.3 Å². The van der Waals surface area contributed by atoms with Crippen molar-refractivity contribution >= 4 is 45.3 Å². The second-order valence-electron chi connectivity index (χ2n) is 14.1. The number of piperidine rings is 1. The van der Waals surface area contributed by atoms with Crippen molar-refractivity contribution < 1.29 is 32.3 Å². The topological polar surface area (TPSA) is 145 Å². The Bertz CT molecular complexity index is 2430. The third kappa shape index (κ3) is 7.70. The highest BCUT2D eigenvalue weighted by Crippen LogP contribution is 2.36. The first-order valence-electron chi connectivity index (χ1n) is 17.9. The number of imidazole rings is 1. The molecule has 2 N–H and O–H groups in total. The van der Waals surface area contributed by atoms with Crippen molar-refractivity contribution in [1.82, 2.24) is 34.1 Å². The second-order valence-corrected chi connectivity index (χ2v) is 14.1. The van der Waals surface area contributed by atoms with E-state index in [-0.39, 0.29) is 36.2 Å². The molecule has 1 unspecified atom stereocenters. The number of alkyl halides is 3. The van der Waals surface area contributed by atoms with Crippen LogP contribution in [0.15, 0.2) is 59.5 Å². The number of amides is 3. The first kappa shape index (κ1) is 37.4. The minimum absolute atomic E-state index is 0.170. The van der Waals surface area contributed by atoms with Gasteiger partial charge in [0.15, 0.2) is 0 Å². The number of anilines is 1. The van der Waals surface area contributed by atoms with Crippen LogP contribution in [0.4, 0.5) is 18.9 Å². The number of hydrogen-bond acceptors (Lipinski definition) is 8. The number of nitrogens with zero attached hydrogens (tertiary/aromatic N) is 6. The smallest absolute Gasteiger partial charge is 0.433 e. The number of para-hydroxylation sites is 1. The van der Waals surface area contributed by atoms with Crippen molar-refractivity contribution in [2.75, 3.05) is 32.6 Å². The molecule has 1 aliphatic carbocycles. The van der Waals surface area contributed by atoms with Gasteiger partial charge in [-0.05, 0) is 75.4 Å². The zero-order valence-electron chi connectivity index (χ0n) is 30.4. The molecule has 0 radical (unpaired) electrons. The van der Waals surface area contributed by atoms with Crippen LogP contribution in [0.1, 0.15) is 72.4 Å². The van der Waals surface area contributed by atoms with Crippen molar-refractivity contribution in [2.45, 2.75) is 56.8 Å². The van der Waals surface area contributed by atoms with Gasteiger partial charge in [0, 0.05) is 37.7 Å². The SMILES string of the molecule is COc1cc2nn(C3CCC(CN(C)CC#Cc4cccc5c4n(C)c(=O)n5C4CCC(=O)NC4=O)CC3)cc2cc1NC(=O)c1cccc(C(F)(F)F)n1. The molecule has 1 aliphatic heterocycles. The van der Waals surface area contributed by atoms with E-state index in [1.54, 1.807) is 25.2 Å². The van der Waals surface area contributed by atoms with Gasteiger partial charge in [0.2, 0.25) is 11.8 Å². The standard InChI is InChI=1S/C39H39F3N8O5/c1-47(18-6-8-24-7-4-10-30-35(24)48(2)38(54)50(30)31-16-17-34(51)45-37(31)53)21-23-12-14-26(15-13-23)49-22-25-19-29(32(55-3)20-28(25)46-49)44-36(52)27-9-5-11-33(43-27)39(40,41)42/h4-5,7,9-11,19-20,22-23,26,31H,12-18,21H2,1-3H3,(H,44,52)(H,45,51,53). The predicted octanol–water partition coefficient (Wildman–Crippen LogP) is 5.06. The number of methoxy groups -OCH3 is 1. The molecule has 0 bridgehead atoms. The Labute approximate surface area is 313 Å². The van der Waals surface area contributed by atoms with E-state index in [2.05, 4.69) is 32.4 Å². The van der Waals surface area contributed by atoms with E-state index >= 15 is 0 Å². The predicted molar refractivity (Wildman–Crippen MR) is 197 cm³/mol. The number of carbonyl (C=O) groups excluding carboxylic acids is 3. The molecular weight excluding hydrogens is 717 g/mol. The van der Waals surface area contributed by atoms with E-state index in [0.717, 1.165) is 49.7 Å². The summed E-state index contributed by atoms with van der Waals surface area (Å²) < 4.78 is 49.8. The van der Waals surface area contributed by atoms with Crippen molar-refractivity contribution in [1.29, 1.82) is 0 Å². The molecule has 286 valence electrons. The largest absolute Gasteiger partial charge is 0.494 e. The lowest BCUT2D eigenvalue weighted by atomic mass is 9.86. The summed E-state index contributed by atoms with van der Waals surface area (Å²) in [7, 11) is 5.13. The average molecular weight is 757 g/mol. The summed E-state index contributed by atoms with van der Waals surface area (Å²) in [6.45, 7) is 1.38. The van der Waals surface area contributed by atoms with Gasteiger partial charge in [-0.25, -0.2) is 9.78 Å². The van der Waals surface area contributed by atoms with E-state index in [4.69, 9.17) is 9.84 Å². The number of nitrogens with one attached hydrogen (secondary N) is 2. The van der Waals surface area contributed by atoms with Gasteiger partial charge in [0.25, 0.3) is 5.91 Å². The number of aryl methyl sites for hydroxylation is 1. The van der Waals surface area contributed by atoms with Gasteiger partial charge in [-0.15, -0.1) is 0 Å². The Hall–Kier alpha value is -5.95. The van der Waals surface area contributed by atoms with Crippen molar-refractivity contribution in [3.63, 3.8) is 0 Å². The summed E-state index contributed by atoms with van der Waals surface area (Å²) in [6, 6.07) is 11.4. The second kappa shape index (κ2) is 15.1. The van der Waals surface area contributed by atoms with Gasteiger partial charge in [0.1, 0.15) is 23.2 Å². The lowest BCUT2D eigenvalue weighted by molar-refractivity contribution is -0.141. The molecule has 2 aromatic carbocycles. The van der Waals surface area contributed by atoms with E-state index < -0.39 is 29.7 Å². The van der Waals surface area contributed by atoms with Gasteiger partial charge in [0.05, 0.1) is 47.5 Å². The minimum Gasteiger partial charge on any atom is -0.494 e. The van der Waals surface area contributed by atoms with E-state index in [9.17, 15) is 32.3 Å². The molecule has 2 aliphatic rings. The molecule has 3 aromatic heterocycles. The maximum absolute atomic E-state index is 13.2. The van der Waals surface area contributed by atoms with Crippen LogP contribution >= 0.6 is 0 Å². The number of fused-ring (bicyclic) bond motifs is 2. The number of carbonyl (C=O) groups is 3. The summed E-state index contributed by atoms with van der Waals surface area (Å²) >= 11 is 0. The van der Waals surface area contributed by atoms with Crippen molar-refractivity contribution in [2.24, 2.45) is 13.0 Å². The normalized spacial score (nSPS) is 19.0. The van der Waals surface area contributed by atoms with Crippen LogP contribution in [-0.4, -0.2) is 73.8 Å². The Morgan fingerprint density at radius 3 is 2.56 bits per heavy atom. The van der Waals surface area contributed by atoms with Gasteiger partial charge < -0.3 is 10.1 Å². The third-order valence-electron chi connectivity index (χ3n) is 10.3. The molecule has 4 heterocycles. The highest BCUT2D eigenvalue weighted by molar-refractivity contribution is 6.05. The molecule has 1 saturated carbocycles. The zero-order chi connectivity index (χ0) is 39.0. The first-order chi connectivity index (χ1) is 26.3. The Morgan fingerprint density at radius 2 is 1.84 bits per heavy atom. The molecule has 16 heteroatoms. The molecule has 5 aromatic rings. The number of rotatable bonds is 8. The number of benzene rings is 2. The summed E-state index contributed by atoms with van der Waals surface area (Å²) in [6.07, 6.45) is 1.48. The lowest BCUT2D eigenvalue weighted by Gasteiger charge is -2.30. The molecule has 3 amide bonds. The molecule has 0 spiro atoms. The maximum Gasteiger partial charge on any atom is 0.433 e. The van der Waals surface area contributed by atoms with E-state index in [0.29, 0.717) is 46.0 Å². The number of aromatic nitrogens is 5. The Kier molecular flexibility index (Phi) is 10.2. The fourth-order valence-corrected chi connectivity index (χ4v) is 7.57. The van der Waals surface area contributed by atoms with Gasteiger partial charge in [-0.3, -0.25) is 38.4 Å². The van der Waals surface area contributed by atoms with Gasteiger partial charge >= 0.3 is 11.9 Å². The molecule has 55 heavy (non-hydrogen) atoms. The molecule has 1 atom stereocenters. The summed E-state index contributed by atoms with van der Waals surface area (Å²) in [5.74, 6) is 5.65. The Morgan fingerprint density at radius 1 is 1.07 bits per heavy atom. The third-order valence-corrected chi connectivity index (χ3v) is 10.3. The van der Waals surface area contributed by atoms with Crippen molar-refractivity contribution in [3.8, 4) is 17.6 Å². The highest BCUT2D eigenvalue weighted by Gasteiger charge is 2.34. The number of halogens is 3. The summed E-state index contributed by atoms with van der Waals surface area (Å²) in [4.78, 5) is 56.0. The monoisotopic (exact) mass is 756 g/mol.